The van der Waals surface area contributed by atoms with Gasteiger partial charge >= 0.3 is 0 Å². The minimum atomic E-state index is 0.322. The summed E-state index contributed by atoms with van der Waals surface area (Å²) in [6.45, 7) is 1.39. The first-order valence-corrected chi connectivity index (χ1v) is 7.79. The van der Waals surface area contributed by atoms with Gasteiger partial charge in [0.05, 0.1) is 0 Å². The Kier molecular flexibility index (Phi) is 6.15. The molecule has 2 nitrogen and oxygen atoms in total. The Labute approximate surface area is 121 Å². The fourth-order valence-corrected chi connectivity index (χ4v) is 2.63. The van der Waals surface area contributed by atoms with Crippen LogP contribution in [0.2, 0.25) is 5.02 Å². The highest BCUT2D eigenvalue weighted by Crippen LogP contribution is 2.41. The van der Waals surface area contributed by atoms with Gasteiger partial charge in [0.25, 0.3) is 0 Å². The maximum Gasteiger partial charge on any atom is 0.0431 e. The summed E-state index contributed by atoms with van der Waals surface area (Å²) in [5, 5.41) is 13.2. The molecule has 2 N–H and O–H groups in total. The molecule has 1 fully saturated rings. The average molecular weight is 282 g/mol. The summed E-state index contributed by atoms with van der Waals surface area (Å²) >= 11 is 5.95. The van der Waals surface area contributed by atoms with Gasteiger partial charge in [-0.3, -0.25) is 0 Å². The highest BCUT2D eigenvalue weighted by Gasteiger charge is 2.31. The van der Waals surface area contributed by atoms with Gasteiger partial charge < -0.3 is 10.4 Å². The standard InChI is InChI=1S/C16H24ClNO/c17-15-9-7-14(8-10-15)16(13-5-6-13)18-11-3-1-2-4-12-19/h7-10,13,16,18-19H,1-6,11-12H2. The molecule has 1 atom stereocenters. The van der Waals surface area contributed by atoms with Crippen molar-refractivity contribution in [1.82, 2.24) is 5.32 Å². The molecule has 106 valence electrons. The van der Waals surface area contributed by atoms with Crippen molar-refractivity contribution in [3.05, 3.63) is 34.9 Å². The lowest BCUT2D eigenvalue weighted by Crippen LogP contribution is -2.24. The van der Waals surface area contributed by atoms with E-state index < -0.39 is 0 Å². The van der Waals surface area contributed by atoms with Crippen LogP contribution in [-0.2, 0) is 0 Å². The Morgan fingerprint density at radius 3 is 2.42 bits per heavy atom. The molecule has 19 heavy (non-hydrogen) atoms. The second-order valence-electron chi connectivity index (χ2n) is 5.46. The Bertz CT molecular complexity index is 362. The summed E-state index contributed by atoms with van der Waals surface area (Å²) in [6, 6.07) is 8.74. The lowest BCUT2D eigenvalue weighted by molar-refractivity contribution is 0.282. The topological polar surface area (TPSA) is 32.3 Å². The molecule has 0 aliphatic heterocycles. The van der Waals surface area contributed by atoms with Crippen molar-refractivity contribution in [2.24, 2.45) is 5.92 Å². The third-order valence-electron chi connectivity index (χ3n) is 3.77. The molecule has 0 spiro atoms. The van der Waals surface area contributed by atoms with Crippen molar-refractivity contribution >= 4 is 11.6 Å². The monoisotopic (exact) mass is 281 g/mol. The van der Waals surface area contributed by atoms with E-state index in [1.807, 2.05) is 12.1 Å². The zero-order chi connectivity index (χ0) is 13.5. The molecule has 1 aliphatic carbocycles. The van der Waals surface area contributed by atoms with Gasteiger partial charge in [0.2, 0.25) is 0 Å². The molecule has 3 heteroatoms. The molecule has 0 bridgehead atoms. The van der Waals surface area contributed by atoms with Gasteiger partial charge in [-0.25, -0.2) is 0 Å². The van der Waals surface area contributed by atoms with Gasteiger partial charge in [0, 0.05) is 17.7 Å². The summed E-state index contributed by atoms with van der Waals surface area (Å²) in [4.78, 5) is 0. The molecular weight excluding hydrogens is 258 g/mol. The summed E-state index contributed by atoms with van der Waals surface area (Å²) in [5.74, 6) is 0.804. The molecule has 2 rings (SSSR count). The van der Waals surface area contributed by atoms with Gasteiger partial charge in [0.1, 0.15) is 0 Å². The van der Waals surface area contributed by atoms with Crippen LogP contribution in [0.1, 0.15) is 50.1 Å². The van der Waals surface area contributed by atoms with Crippen LogP contribution in [0.5, 0.6) is 0 Å². The van der Waals surface area contributed by atoms with E-state index in [2.05, 4.69) is 17.4 Å². The number of rotatable bonds is 9. The van der Waals surface area contributed by atoms with Crippen LogP contribution in [0.4, 0.5) is 0 Å². The molecule has 0 saturated heterocycles. The van der Waals surface area contributed by atoms with Crippen LogP contribution >= 0.6 is 11.6 Å². The number of hydrogen-bond acceptors (Lipinski definition) is 2. The maximum atomic E-state index is 8.74. The van der Waals surface area contributed by atoms with E-state index in [9.17, 15) is 0 Å². The van der Waals surface area contributed by atoms with Gasteiger partial charge in [-0.2, -0.15) is 0 Å². The number of aliphatic hydroxyl groups is 1. The lowest BCUT2D eigenvalue weighted by Gasteiger charge is -2.19. The van der Waals surface area contributed by atoms with Crippen LogP contribution < -0.4 is 5.32 Å². The summed E-state index contributed by atoms with van der Waals surface area (Å²) in [7, 11) is 0. The predicted molar refractivity (Wildman–Crippen MR) is 80.5 cm³/mol. The molecule has 0 amide bonds. The van der Waals surface area contributed by atoms with Crippen LogP contribution in [-0.4, -0.2) is 18.3 Å². The predicted octanol–water partition coefficient (Wildman–Crippen LogP) is 3.93. The normalized spacial score (nSPS) is 16.5. The molecular formula is C16H24ClNO. The molecule has 0 radical (unpaired) electrons. The van der Waals surface area contributed by atoms with Crippen molar-refractivity contribution in [3.8, 4) is 0 Å². The number of aliphatic hydroxyl groups excluding tert-OH is 1. The maximum absolute atomic E-state index is 8.74. The second-order valence-corrected chi connectivity index (χ2v) is 5.90. The van der Waals surface area contributed by atoms with Crippen molar-refractivity contribution in [1.29, 1.82) is 0 Å². The van der Waals surface area contributed by atoms with Gasteiger partial charge in [-0.1, -0.05) is 36.6 Å². The largest absolute Gasteiger partial charge is 0.396 e. The van der Waals surface area contributed by atoms with E-state index >= 15 is 0 Å². The molecule has 1 aliphatic rings. The summed E-state index contributed by atoms with van der Waals surface area (Å²) in [6.07, 6.45) is 7.13. The Morgan fingerprint density at radius 1 is 1.11 bits per heavy atom. The molecule has 1 saturated carbocycles. The molecule has 1 aromatic rings. The first-order chi connectivity index (χ1) is 9.31. The van der Waals surface area contributed by atoms with E-state index in [4.69, 9.17) is 16.7 Å². The number of hydrogen-bond donors (Lipinski definition) is 2. The Balaban J connectivity index is 1.75. The number of benzene rings is 1. The van der Waals surface area contributed by atoms with Crippen LogP contribution in [0.15, 0.2) is 24.3 Å². The third kappa shape index (κ3) is 5.13. The molecule has 1 aromatic carbocycles. The fourth-order valence-electron chi connectivity index (χ4n) is 2.50. The van der Waals surface area contributed by atoms with Crippen molar-refractivity contribution in [3.63, 3.8) is 0 Å². The Hall–Kier alpha value is -0.570. The molecule has 0 heterocycles. The summed E-state index contributed by atoms with van der Waals surface area (Å²) in [5.41, 5.74) is 1.36. The van der Waals surface area contributed by atoms with Gasteiger partial charge in [-0.15, -0.1) is 0 Å². The average Bonchev–Trinajstić information content (AvgIpc) is 3.24. The van der Waals surface area contributed by atoms with E-state index in [1.54, 1.807) is 0 Å². The van der Waals surface area contributed by atoms with Crippen LogP contribution in [0, 0.1) is 5.92 Å². The van der Waals surface area contributed by atoms with Gasteiger partial charge in [0.15, 0.2) is 0 Å². The first kappa shape index (κ1) is 14.8. The third-order valence-corrected chi connectivity index (χ3v) is 4.02. The number of halogens is 1. The zero-order valence-electron chi connectivity index (χ0n) is 11.4. The van der Waals surface area contributed by atoms with Crippen LogP contribution in [0.25, 0.3) is 0 Å². The first-order valence-electron chi connectivity index (χ1n) is 7.41. The van der Waals surface area contributed by atoms with Crippen molar-refractivity contribution in [2.45, 2.75) is 44.6 Å². The van der Waals surface area contributed by atoms with Crippen molar-refractivity contribution < 1.29 is 5.11 Å². The minimum absolute atomic E-state index is 0.322. The van der Waals surface area contributed by atoms with Gasteiger partial charge in [-0.05, 0) is 55.8 Å². The van der Waals surface area contributed by atoms with E-state index in [-0.39, 0.29) is 0 Å². The quantitative estimate of drug-likeness (QED) is 0.672. The van der Waals surface area contributed by atoms with E-state index in [0.717, 1.165) is 30.3 Å². The lowest BCUT2D eigenvalue weighted by atomic mass is 10.0. The zero-order valence-corrected chi connectivity index (χ0v) is 12.2. The van der Waals surface area contributed by atoms with Crippen LogP contribution in [0.3, 0.4) is 0 Å². The summed E-state index contributed by atoms with van der Waals surface area (Å²) < 4.78 is 0. The number of nitrogens with one attached hydrogen (secondary N) is 1. The highest BCUT2D eigenvalue weighted by atomic mass is 35.5. The fraction of sp³-hybridized carbons (Fsp3) is 0.625. The van der Waals surface area contributed by atoms with E-state index in [0.29, 0.717) is 12.6 Å². The minimum Gasteiger partial charge on any atom is -0.396 e. The SMILES string of the molecule is OCCCCCCNC(c1ccc(Cl)cc1)C1CC1. The van der Waals surface area contributed by atoms with Crippen molar-refractivity contribution in [2.75, 3.05) is 13.2 Å². The Morgan fingerprint density at radius 2 is 1.79 bits per heavy atom. The molecule has 0 aromatic heterocycles. The smallest absolute Gasteiger partial charge is 0.0431 e. The number of unbranched alkanes of at least 4 members (excludes halogenated alkanes) is 3. The highest BCUT2D eigenvalue weighted by molar-refractivity contribution is 6.30. The molecule has 1 unspecified atom stereocenters. The van der Waals surface area contributed by atoms with E-state index in [1.165, 1.54) is 31.2 Å². The second kappa shape index (κ2) is 7.88.